The lowest BCUT2D eigenvalue weighted by molar-refractivity contribution is 0.251. The van der Waals surface area contributed by atoms with Crippen molar-refractivity contribution in [2.45, 2.75) is 6.04 Å². The summed E-state index contributed by atoms with van der Waals surface area (Å²) in [5, 5.41) is 9.89. The smallest absolute Gasteiger partial charge is 0.319 e. The van der Waals surface area contributed by atoms with Crippen LogP contribution in [0.25, 0.3) is 11.3 Å². The maximum absolute atomic E-state index is 12.2. The van der Waals surface area contributed by atoms with Gasteiger partial charge in [-0.15, -0.1) is 0 Å². The molecule has 128 valence electrons. The second kappa shape index (κ2) is 7.63. The first kappa shape index (κ1) is 16.7. The van der Waals surface area contributed by atoms with Gasteiger partial charge in [0.25, 0.3) is 0 Å². The van der Waals surface area contributed by atoms with Crippen molar-refractivity contribution in [3.8, 4) is 11.3 Å². The molecule has 2 amide bonds. The van der Waals surface area contributed by atoms with Crippen molar-refractivity contribution >= 4 is 11.7 Å². The summed E-state index contributed by atoms with van der Waals surface area (Å²) < 4.78 is 1.74. The number of carbonyl (C=O) groups excluding carboxylic acids is 1. The number of hydrogen-bond acceptors (Lipinski definition) is 3. The highest BCUT2D eigenvalue weighted by molar-refractivity contribution is 5.93. The first-order chi connectivity index (χ1) is 12.1. The predicted octanol–water partition coefficient (Wildman–Crippen LogP) is 2.91. The Kier molecular flexibility index (Phi) is 5.11. The fourth-order valence-electron chi connectivity index (χ4n) is 2.65. The molecule has 4 N–H and O–H groups in total. The van der Waals surface area contributed by atoms with Crippen LogP contribution in [0.5, 0.6) is 0 Å². The number of nitrogens with zero attached hydrogens (tertiary/aromatic N) is 2. The lowest BCUT2D eigenvalue weighted by Crippen LogP contribution is -2.35. The number of nitrogens with one attached hydrogen (secondary N) is 2. The summed E-state index contributed by atoms with van der Waals surface area (Å²) in [5.74, 6) is 0. The second-order valence-electron chi connectivity index (χ2n) is 5.75. The fourth-order valence-corrected chi connectivity index (χ4v) is 2.65. The fraction of sp³-hybridized carbons (Fsp3) is 0.158. The van der Waals surface area contributed by atoms with Crippen molar-refractivity contribution in [3.63, 3.8) is 0 Å². The molecule has 6 heteroatoms. The zero-order chi connectivity index (χ0) is 17.6. The second-order valence-corrected chi connectivity index (χ2v) is 5.75. The molecule has 0 fully saturated rings. The first-order valence-electron chi connectivity index (χ1n) is 8.08. The Morgan fingerprint density at radius 1 is 1.12 bits per heavy atom. The van der Waals surface area contributed by atoms with E-state index in [9.17, 15) is 4.79 Å². The van der Waals surface area contributed by atoms with Gasteiger partial charge >= 0.3 is 6.03 Å². The van der Waals surface area contributed by atoms with Gasteiger partial charge in [0.2, 0.25) is 0 Å². The number of aromatic nitrogens is 2. The SMILES string of the molecule is Cn1ncc(NC(=O)NCC(N)c2ccccc2)c1-c1ccccc1. The van der Waals surface area contributed by atoms with Crippen LogP contribution in [0.3, 0.4) is 0 Å². The van der Waals surface area contributed by atoms with E-state index in [0.717, 1.165) is 16.8 Å². The molecule has 25 heavy (non-hydrogen) atoms. The topological polar surface area (TPSA) is 85.0 Å². The molecule has 3 rings (SSSR count). The molecule has 1 atom stereocenters. The summed E-state index contributed by atoms with van der Waals surface area (Å²) in [5.41, 5.74) is 9.57. The minimum atomic E-state index is -0.309. The lowest BCUT2D eigenvalue weighted by atomic mass is 10.1. The Balaban J connectivity index is 1.64. The number of aryl methyl sites for hydroxylation is 1. The molecule has 6 nitrogen and oxygen atoms in total. The van der Waals surface area contributed by atoms with Crippen LogP contribution >= 0.6 is 0 Å². The van der Waals surface area contributed by atoms with Crippen molar-refractivity contribution < 1.29 is 4.79 Å². The summed E-state index contributed by atoms with van der Waals surface area (Å²) in [4.78, 5) is 12.2. The Bertz CT molecular complexity index is 830. The van der Waals surface area contributed by atoms with E-state index in [4.69, 9.17) is 5.73 Å². The highest BCUT2D eigenvalue weighted by Gasteiger charge is 2.14. The number of nitrogens with two attached hydrogens (primary N) is 1. The van der Waals surface area contributed by atoms with Crippen molar-refractivity contribution in [3.05, 3.63) is 72.4 Å². The maximum atomic E-state index is 12.2. The average Bonchev–Trinajstić information content (AvgIpc) is 3.01. The van der Waals surface area contributed by atoms with Crippen LogP contribution in [-0.2, 0) is 7.05 Å². The molecular weight excluding hydrogens is 314 g/mol. The predicted molar refractivity (Wildman–Crippen MR) is 99.0 cm³/mol. The quantitative estimate of drug-likeness (QED) is 0.670. The van der Waals surface area contributed by atoms with Crippen LogP contribution in [-0.4, -0.2) is 22.4 Å². The standard InChI is InChI=1S/C19H21N5O/c1-24-18(15-10-6-3-7-11-15)17(13-22-24)23-19(25)21-12-16(20)14-8-4-2-5-9-14/h2-11,13,16H,12,20H2,1H3,(H2,21,23,25). The van der Waals surface area contributed by atoms with Gasteiger partial charge in [-0.05, 0) is 5.56 Å². The van der Waals surface area contributed by atoms with Crippen molar-refractivity contribution in [2.75, 3.05) is 11.9 Å². The summed E-state index contributed by atoms with van der Waals surface area (Å²) in [6, 6.07) is 18.9. The van der Waals surface area contributed by atoms with Crippen molar-refractivity contribution in [2.24, 2.45) is 12.8 Å². The monoisotopic (exact) mass is 335 g/mol. The summed E-state index contributed by atoms with van der Waals surface area (Å²) in [6.07, 6.45) is 1.64. The Labute approximate surface area is 146 Å². The zero-order valence-electron chi connectivity index (χ0n) is 14.0. The van der Waals surface area contributed by atoms with Crippen LogP contribution < -0.4 is 16.4 Å². The van der Waals surface area contributed by atoms with Crippen LogP contribution in [0.4, 0.5) is 10.5 Å². The van der Waals surface area contributed by atoms with E-state index in [2.05, 4.69) is 15.7 Å². The number of rotatable bonds is 5. The van der Waals surface area contributed by atoms with Gasteiger partial charge in [0.05, 0.1) is 17.6 Å². The summed E-state index contributed by atoms with van der Waals surface area (Å²) in [7, 11) is 1.84. The van der Waals surface area contributed by atoms with Gasteiger partial charge in [-0.3, -0.25) is 4.68 Å². The molecule has 1 aromatic heterocycles. The minimum Gasteiger partial charge on any atom is -0.336 e. The molecule has 0 spiro atoms. The van der Waals surface area contributed by atoms with E-state index in [-0.39, 0.29) is 12.1 Å². The van der Waals surface area contributed by atoms with Gasteiger partial charge in [0, 0.05) is 25.2 Å². The molecule has 0 aliphatic heterocycles. The summed E-state index contributed by atoms with van der Waals surface area (Å²) in [6.45, 7) is 0.344. The molecule has 3 aromatic rings. The molecule has 0 saturated heterocycles. The van der Waals surface area contributed by atoms with Crippen LogP contribution in [0, 0.1) is 0 Å². The third-order valence-corrected chi connectivity index (χ3v) is 3.94. The molecule has 0 aliphatic carbocycles. The number of hydrogen-bond donors (Lipinski definition) is 3. The minimum absolute atomic E-state index is 0.255. The molecule has 0 radical (unpaired) electrons. The lowest BCUT2D eigenvalue weighted by Gasteiger charge is -2.14. The number of urea groups is 1. The Morgan fingerprint density at radius 2 is 1.76 bits per heavy atom. The number of benzene rings is 2. The molecular formula is C19H21N5O. The Morgan fingerprint density at radius 3 is 2.44 bits per heavy atom. The molecule has 1 unspecified atom stereocenters. The number of amides is 2. The molecule has 0 aliphatic rings. The maximum Gasteiger partial charge on any atom is 0.319 e. The Hall–Kier alpha value is -3.12. The van der Waals surface area contributed by atoms with E-state index in [1.54, 1.807) is 10.9 Å². The largest absolute Gasteiger partial charge is 0.336 e. The van der Waals surface area contributed by atoms with E-state index in [1.165, 1.54) is 0 Å². The van der Waals surface area contributed by atoms with Gasteiger partial charge in [-0.2, -0.15) is 5.10 Å². The molecule has 0 saturated carbocycles. The third kappa shape index (κ3) is 4.05. The highest BCUT2D eigenvalue weighted by Crippen LogP contribution is 2.26. The molecule has 2 aromatic carbocycles. The van der Waals surface area contributed by atoms with Crippen LogP contribution in [0.1, 0.15) is 11.6 Å². The van der Waals surface area contributed by atoms with E-state index in [0.29, 0.717) is 12.2 Å². The highest BCUT2D eigenvalue weighted by atomic mass is 16.2. The molecule has 1 heterocycles. The van der Waals surface area contributed by atoms with Gasteiger partial charge in [-0.1, -0.05) is 60.7 Å². The normalized spacial score (nSPS) is 11.8. The zero-order valence-corrected chi connectivity index (χ0v) is 14.0. The first-order valence-corrected chi connectivity index (χ1v) is 8.08. The van der Waals surface area contributed by atoms with Gasteiger partial charge in [-0.25, -0.2) is 4.79 Å². The summed E-state index contributed by atoms with van der Waals surface area (Å²) >= 11 is 0. The molecule has 0 bridgehead atoms. The van der Waals surface area contributed by atoms with Gasteiger partial charge in [0.1, 0.15) is 0 Å². The van der Waals surface area contributed by atoms with Gasteiger partial charge in [0.15, 0.2) is 0 Å². The van der Waals surface area contributed by atoms with Crippen LogP contribution in [0.2, 0.25) is 0 Å². The third-order valence-electron chi connectivity index (χ3n) is 3.94. The van der Waals surface area contributed by atoms with Crippen molar-refractivity contribution in [1.82, 2.24) is 15.1 Å². The van der Waals surface area contributed by atoms with Crippen LogP contribution in [0.15, 0.2) is 66.9 Å². The average molecular weight is 335 g/mol. The van der Waals surface area contributed by atoms with Crippen molar-refractivity contribution in [1.29, 1.82) is 0 Å². The number of carbonyl (C=O) groups is 1. The van der Waals surface area contributed by atoms with E-state index in [1.807, 2.05) is 67.7 Å². The van der Waals surface area contributed by atoms with E-state index >= 15 is 0 Å². The van der Waals surface area contributed by atoms with E-state index < -0.39 is 0 Å². The van der Waals surface area contributed by atoms with Gasteiger partial charge < -0.3 is 16.4 Å². The number of anilines is 1.